The Morgan fingerprint density at radius 1 is 1.06 bits per heavy atom. The van der Waals surface area contributed by atoms with E-state index in [2.05, 4.69) is 49.1 Å². The first kappa shape index (κ1) is 12.5. The maximum atomic E-state index is 5.86. The van der Waals surface area contributed by atoms with Crippen molar-refractivity contribution < 1.29 is 0 Å². The molecule has 0 saturated carbocycles. The van der Waals surface area contributed by atoms with E-state index >= 15 is 0 Å². The summed E-state index contributed by atoms with van der Waals surface area (Å²) in [6, 6.07) is 19.0. The van der Waals surface area contributed by atoms with E-state index in [-0.39, 0.29) is 0 Å². The van der Waals surface area contributed by atoms with Gasteiger partial charge in [0.2, 0.25) is 0 Å². The lowest BCUT2D eigenvalue weighted by atomic mass is 10.1. The smallest absolute Gasteiger partial charge is 0.0514 e. The fourth-order valence-electron chi connectivity index (χ4n) is 2.29. The molecule has 0 saturated heterocycles. The minimum atomic E-state index is 0.345. The van der Waals surface area contributed by atoms with Crippen LogP contribution in [0, 0.1) is 0 Å². The Hall–Kier alpha value is -1.96. The molecule has 1 unspecified atom stereocenters. The third-order valence-corrected chi connectivity index (χ3v) is 3.29. The molecule has 0 aliphatic rings. The summed E-state index contributed by atoms with van der Waals surface area (Å²) in [5.74, 6) is 0. The van der Waals surface area contributed by atoms with Crippen molar-refractivity contribution in [1.82, 2.24) is 0 Å². The predicted octanol–water partition coefficient (Wildman–Crippen LogP) is 3.86. The lowest BCUT2D eigenvalue weighted by Crippen LogP contribution is -2.26. The zero-order chi connectivity index (χ0) is 13.0. The van der Waals surface area contributed by atoms with Crippen molar-refractivity contribution in [1.29, 1.82) is 0 Å². The van der Waals surface area contributed by atoms with E-state index in [1.54, 1.807) is 0 Å². The van der Waals surface area contributed by atoms with Crippen LogP contribution >= 0.6 is 0 Å². The fraction of sp³-hybridized carbons (Fsp3) is 0.250. The highest BCUT2D eigenvalue weighted by molar-refractivity contribution is 5.57. The maximum absolute atomic E-state index is 5.86. The van der Waals surface area contributed by atoms with Crippen LogP contribution in [0.2, 0.25) is 0 Å². The van der Waals surface area contributed by atoms with Crippen molar-refractivity contribution in [3.63, 3.8) is 0 Å². The molecule has 0 amide bonds. The second-order valence-corrected chi connectivity index (χ2v) is 4.47. The van der Waals surface area contributed by atoms with Gasteiger partial charge < -0.3 is 10.6 Å². The molecule has 2 heteroatoms. The molecule has 0 heterocycles. The number of hydrogen-bond donors (Lipinski definition) is 1. The van der Waals surface area contributed by atoms with E-state index in [0.717, 1.165) is 12.2 Å². The fourth-order valence-corrected chi connectivity index (χ4v) is 2.29. The molecule has 2 rings (SSSR count). The first-order valence-corrected chi connectivity index (χ1v) is 6.39. The van der Waals surface area contributed by atoms with Gasteiger partial charge in [-0.15, -0.1) is 0 Å². The van der Waals surface area contributed by atoms with Crippen LogP contribution in [0.15, 0.2) is 54.6 Å². The molecule has 0 fully saturated rings. The van der Waals surface area contributed by atoms with E-state index in [9.17, 15) is 0 Å². The average Bonchev–Trinajstić information content (AvgIpc) is 2.40. The van der Waals surface area contributed by atoms with Crippen LogP contribution in [-0.4, -0.2) is 6.54 Å². The van der Waals surface area contributed by atoms with Crippen LogP contribution in [0.5, 0.6) is 0 Å². The Bertz CT molecular complexity index is 493. The Kier molecular flexibility index (Phi) is 3.88. The molecule has 18 heavy (non-hydrogen) atoms. The summed E-state index contributed by atoms with van der Waals surface area (Å²) in [5, 5.41) is 0. The average molecular weight is 240 g/mol. The quantitative estimate of drug-likeness (QED) is 0.822. The summed E-state index contributed by atoms with van der Waals surface area (Å²) in [6.07, 6.45) is 0. The third-order valence-electron chi connectivity index (χ3n) is 3.29. The van der Waals surface area contributed by atoms with Crippen LogP contribution in [0.4, 0.5) is 11.4 Å². The van der Waals surface area contributed by atoms with Gasteiger partial charge in [-0.25, -0.2) is 0 Å². The second kappa shape index (κ2) is 5.58. The molecular weight excluding hydrogens is 220 g/mol. The van der Waals surface area contributed by atoms with Gasteiger partial charge in [0.25, 0.3) is 0 Å². The summed E-state index contributed by atoms with van der Waals surface area (Å²) in [7, 11) is 0. The second-order valence-electron chi connectivity index (χ2n) is 4.47. The van der Waals surface area contributed by atoms with Crippen molar-refractivity contribution in [2.75, 3.05) is 17.2 Å². The number of nitrogen functional groups attached to an aromatic ring is 1. The molecule has 1 atom stereocenters. The molecule has 0 bridgehead atoms. The summed E-state index contributed by atoms with van der Waals surface area (Å²) in [4.78, 5) is 2.35. The monoisotopic (exact) mass is 240 g/mol. The van der Waals surface area contributed by atoms with Gasteiger partial charge in [0, 0.05) is 17.9 Å². The Balaban J connectivity index is 2.29. The highest BCUT2D eigenvalue weighted by Gasteiger charge is 2.14. The SMILES string of the molecule is CCN(c1cccc(N)c1)C(C)c1ccccc1. The molecule has 94 valence electrons. The largest absolute Gasteiger partial charge is 0.399 e. The van der Waals surface area contributed by atoms with E-state index in [4.69, 9.17) is 5.73 Å². The summed E-state index contributed by atoms with van der Waals surface area (Å²) < 4.78 is 0. The van der Waals surface area contributed by atoms with Crippen molar-refractivity contribution >= 4 is 11.4 Å². The van der Waals surface area contributed by atoms with Crippen LogP contribution in [0.1, 0.15) is 25.5 Å². The van der Waals surface area contributed by atoms with Crippen LogP contribution < -0.4 is 10.6 Å². The number of nitrogens with zero attached hydrogens (tertiary/aromatic N) is 1. The molecule has 0 aliphatic carbocycles. The molecule has 0 aliphatic heterocycles. The van der Waals surface area contributed by atoms with Gasteiger partial charge in [-0.2, -0.15) is 0 Å². The van der Waals surface area contributed by atoms with Gasteiger partial charge in [-0.1, -0.05) is 36.4 Å². The minimum absolute atomic E-state index is 0.345. The predicted molar refractivity (Wildman–Crippen MR) is 78.7 cm³/mol. The van der Waals surface area contributed by atoms with Gasteiger partial charge in [0.15, 0.2) is 0 Å². The summed E-state index contributed by atoms with van der Waals surface area (Å²) >= 11 is 0. The Morgan fingerprint density at radius 3 is 2.39 bits per heavy atom. The minimum Gasteiger partial charge on any atom is -0.399 e. The van der Waals surface area contributed by atoms with Crippen molar-refractivity contribution in [3.05, 3.63) is 60.2 Å². The molecule has 2 aromatic carbocycles. The highest BCUT2D eigenvalue weighted by Crippen LogP contribution is 2.27. The zero-order valence-electron chi connectivity index (χ0n) is 11.0. The van der Waals surface area contributed by atoms with Gasteiger partial charge >= 0.3 is 0 Å². The van der Waals surface area contributed by atoms with E-state index in [1.165, 1.54) is 11.3 Å². The standard InChI is InChI=1S/C16H20N2/c1-3-18(16-11-7-10-15(17)12-16)13(2)14-8-5-4-6-9-14/h4-13H,3,17H2,1-2H3. The molecule has 0 radical (unpaired) electrons. The molecular formula is C16H20N2. The Morgan fingerprint density at radius 2 is 1.78 bits per heavy atom. The van der Waals surface area contributed by atoms with E-state index in [1.807, 2.05) is 24.3 Å². The van der Waals surface area contributed by atoms with Gasteiger partial charge in [-0.3, -0.25) is 0 Å². The number of anilines is 2. The van der Waals surface area contributed by atoms with E-state index in [0.29, 0.717) is 6.04 Å². The van der Waals surface area contributed by atoms with Crippen molar-refractivity contribution in [2.24, 2.45) is 0 Å². The summed E-state index contributed by atoms with van der Waals surface area (Å²) in [6.45, 7) is 5.35. The molecule has 2 nitrogen and oxygen atoms in total. The van der Waals surface area contributed by atoms with Gasteiger partial charge in [0.05, 0.1) is 6.04 Å². The van der Waals surface area contributed by atoms with Crippen LogP contribution in [0.3, 0.4) is 0 Å². The van der Waals surface area contributed by atoms with Gasteiger partial charge in [-0.05, 0) is 37.6 Å². The molecule has 0 aromatic heterocycles. The van der Waals surface area contributed by atoms with Crippen molar-refractivity contribution in [2.45, 2.75) is 19.9 Å². The lowest BCUT2D eigenvalue weighted by molar-refractivity contribution is 0.690. The number of nitrogens with two attached hydrogens (primary N) is 1. The third kappa shape index (κ3) is 2.65. The van der Waals surface area contributed by atoms with Crippen LogP contribution in [0.25, 0.3) is 0 Å². The number of benzene rings is 2. The number of rotatable bonds is 4. The van der Waals surface area contributed by atoms with E-state index < -0.39 is 0 Å². The van der Waals surface area contributed by atoms with Crippen LogP contribution in [-0.2, 0) is 0 Å². The topological polar surface area (TPSA) is 29.3 Å². The first-order valence-electron chi connectivity index (χ1n) is 6.39. The molecule has 2 N–H and O–H groups in total. The highest BCUT2D eigenvalue weighted by atomic mass is 15.1. The number of hydrogen-bond acceptors (Lipinski definition) is 2. The molecule has 2 aromatic rings. The maximum Gasteiger partial charge on any atom is 0.0514 e. The zero-order valence-corrected chi connectivity index (χ0v) is 11.0. The molecule has 0 spiro atoms. The lowest BCUT2D eigenvalue weighted by Gasteiger charge is -2.30. The van der Waals surface area contributed by atoms with Crippen molar-refractivity contribution in [3.8, 4) is 0 Å². The Labute approximate surface area is 109 Å². The normalized spacial score (nSPS) is 12.1. The first-order chi connectivity index (χ1) is 8.72. The van der Waals surface area contributed by atoms with Gasteiger partial charge in [0.1, 0.15) is 0 Å². The summed E-state index contributed by atoms with van der Waals surface area (Å²) in [5.41, 5.74) is 9.17.